The first-order valence-electron chi connectivity index (χ1n) is 14.9. The minimum Gasteiger partial charge on any atom is -0.395 e. The molecule has 0 unspecified atom stereocenters. The number of hydrogen-bond acceptors (Lipinski definition) is 7. The lowest BCUT2D eigenvalue weighted by Crippen LogP contribution is -2.33. The molecule has 2 aromatic heterocycles. The predicted molar refractivity (Wildman–Crippen MR) is 158 cm³/mol. The van der Waals surface area contributed by atoms with Gasteiger partial charge in [-0.05, 0) is 41.8 Å². The number of fused-ring (bicyclic) bond motifs is 1. The summed E-state index contributed by atoms with van der Waals surface area (Å²) in [6.45, 7) is -1.61. The molecule has 0 saturated heterocycles. The van der Waals surface area contributed by atoms with Crippen LogP contribution in [0.25, 0.3) is 11.1 Å². The second kappa shape index (κ2) is 14.1. The smallest absolute Gasteiger partial charge is 0.290 e. The molecule has 50 heavy (non-hydrogen) atoms. The number of hydrogen-bond donors (Lipinski definition) is 3. The van der Waals surface area contributed by atoms with Gasteiger partial charge in [-0.25, -0.2) is 40.7 Å². The summed E-state index contributed by atoms with van der Waals surface area (Å²) in [5.74, 6) is -14.6. The monoisotopic (exact) mass is 714 g/mol. The quantitative estimate of drug-likeness (QED) is 0.141. The minimum atomic E-state index is -4.08. The van der Waals surface area contributed by atoms with Crippen LogP contribution < -0.4 is 11.1 Å². The van der Waals surface area contributed by atoms with Gasteiger partial charge >= 0.3 is 0 Å². The minimum absolute atomic E-state index is 0.0192. The second-order valence-corrected chi connectivity index (χ2v) is 11.6. The average Bonchev–Trinajstić information content (AvgIpc) is 3.43. The van der Waals surface area contributed by atoms with Gasteiger partial charge in [-0.2, -0.15) is 13.9 Å². The van der Waals surface area contributed by atoms with Gasteiger partial charge in [-0.1, -0.05) is 6.07 Å². The Hall–Kier alpha value is -5.00. The van der Waals surface area contributed by atoms with Crippen LogP contribution in [0.4, 0.5) is 45.5 Å². The molecule has 1 aliphatic rings. The van der Waals surface area contributed by atoms with Gasteiger partial charge in [0.05, 0.1) is 23.4 Å². The average molecular weight is 715 g/mol. The first-order chi connectivity index (χ1) is 23.5. The Balaban J connectivity index is 1.62. The van der Waals surface area contributed by atoms with Crippen LogP contribution in [0.1, 0.15) is 70.2 Å². The third-order valence-corrected chi connectivity index (χ3v) is 8.00. The molecule has 2 aromatic carbocycles. The number of nitrogens with one attached hydrogen (secondary N) is 1. The van der Waals surface area contributed by atoms with Gasteiger partial charge in [-0.15, -0.1) is 0 Å². The molecule has 4 N–H and O–H groups in total. The molecule has 0 fully saturated rings. The van der Waals surface area contributed by atoms with E-state index in [1.165, 1.54) is 12.3 Å². The first-order valence-corrected chi connectivity index (χ1v) is 14.9. The number of rotatable bonds is 13. The number of anilines is 1. The molecule has 1 amide bonds. The number of ketones is 1. The number of alkyl halides is 6. The molecular weight excluding hydrogens is 687 g/mol. The standard InChI is InChI=1S/C32H27F9N6O3/c33-18-8-15(9-19(34)12-18)7-17(10-20(49)14-47-27-24(26(46-47)28(36)37)31(38,39)3-4-32(27,40)41)25-22(13-44-30(45-25)43-5-6-48)16-1-2-23(35)21(11-16)29(42)50/h1-2,8-9,11-13,17,28,48H,3-7,10,14H2,(H2,42,50)(H,43,44,45)/t17-/m1/s1. The maximum atomic E-state index is 15.0. The Bertz CT molecular complexity index is 1920. The summed E-state index contributed by atoms with van der Waals surface area (Å²) in [5.41, 5.74) is 0.0620. The number of carbonyl (C=O) groups is 2. The summed E-state index contributed by atoms with van der Waals surface area (Å²) < 4.78 is 130. The number of aliphatic hydroxyl groups excluding tert-OH is 1. The van der Waals surface area contributed by atoms with Gasteiger partial charge < -0.3 is 16.2 Å². The molecule has 0 aliphatic heterocycles. The van der Waals surface area contributed by atoms with E-state index < -0.39 is 102 Å². The molecule has 18 heteroatoms. The zero-order valence-electron chi connectivity index (χ0n) is 25.7. The largest absolute Gasteiger partial charge is 0.395 e. The van der Waals surface area contributed by atoms with Gasteiger partial charge in [0, 0.05) is 49.6 Å². The fourth-order valence-corrected chi connectivity index (χ4v) is 5.89. The summed E-state index contributed by atoms with van der Waals surface area (Å²) in [7, 11) is 0. The van der Waals surface area contributed by atoms with Crippen molar-refractivity contribution in [3.63, 3.8) is 0 Å². The van der Waals surface area contributed by atoms with Crippen LogP contribution in [0.15, 0.2) is 42.6 Å². The Morgan fingerprint density at radius 3 is 2.30 bits per heavy atom. The van der Waals surface area contributed by atoms with Crippen molar-refractivity contribution in [3.8, 4) is 11.1 Å². The van der Waals surface area contributed by atoms with Crippen molar-refractivity contribution in [1.82, 2.24) is 19.7 Å². The normalized spacial score (nSPS) is 15.5. The number of nitrogens with zero attached hydrogens (tertiary/aromatic N) is 4. The highest BCUT2D eigenvalue weighted by Gasteiger charge is 2.55. The van der Waals surface area contributed by atoms with Crippen molar-refractivity contribution < 1.29 is 54.2 Å². The van der Waals surface area contributed by atoms with E-state index in [0.29, 0.717) is 6.07 Å². The summed E-state index contributed by atoms with van der Waals surface area (Å²) in [4.78, 5) is 34.0. The number of aliphatic hydroxyl groups is 1. The van der Waals surface area contributed by atoms with Crippen LogP contribution in [-0.2, 0) is 29.6 Å². The molecular formula is C32H27F9N6O3. The fourth-order valence-electron chi connectivity index (χ4n) is 5.89. The molecule has 0 spiro atoms. The van der Waals surface area contributed by atoms with Crippen LogP contribution >= 0.6 is 0 Å². The van der Waals surface area contributed by atoms with Crippen LogP contribution in [-0.4, -0.2) is 49.7 Å². The van der Waals surface area contributed by atoms with Gasteiger partial charge in [-0.3, -0.25) is 14.3 Å². The molecule has 5 rings (SSSR count). The molecule has 0 bridgehead atoms. The van der Waals surface area contributed by atoms with Gasteiger partial charge in [0.25, 0.3) is 24.2 Å². The van der Waals surface area contributed by atoms with E-state index in [1.54, 1.807) is 0 Å². The van der Waals surface area contributed by atoms with Gasteiger partial charge in [0.1, 0.15) is 35.4 Å². The van der Waals surface area contributed by atoms with Crippen molar-refractivity contribution in [3.05, 3.63) is 93.8 Å². The Morgan fingerprint density at radius 1 is 0.980 bits per heavy atom. The SMILES string of the molecule is NC(=O)c1cc(-c2cnc(NCCO)nc2[C@@H](CC(=O)Cn2nc(C(F)F)c3c2C(F)(F)CCC3(F)F)Cc2cc(F)cc(F)c2)ccc1F. The lowest BCUT2D eigenvalue weighted by Gasteiger charge is -2.29. The highest BCUT2D eigenvalue weighted by molar-refractivity contribution is 5.94. The van der Waals surface area contributed by atoms with Crippen LogP contribution in [0.5, 0.6) is 0 Å². The van der Waals surface area contributed by atoms with E-state index in [2.05, 4.69) is 20.4 Å². The molecule has 0 radical (unpaired) electrons. The number of halogens is 9. The second-order valence-electron chi connectivity index (χ2n) is 11.6. The molecule has 2 heterocycles. The third kappa shape index (κ3) is 7.59. The van der Waals surface area contributed by atoms with E-state index >= 15 is 8.78 Å². The van der Waals surface area contributed by atoms with E-state index in [1.807, 2.05) is 0 Å². The number of nitrogens with two attached hydrogens (primary N) is 1. The summed E-state index contributed by atoms with van der Waals surface area (Å²) >= 11 is 0. The molecule has 0 saturated carbocycles. The van der Waals surface area contributed by atoms with E-state index in [4.69, 9.17) is 5.73 Å². The lowest BCUT2D eigenvalue weighted by atomic mass is 9.86. The van der Waals surface area contributed by atoms with Crippen molar-refractivity contribution in [1.29, 1.82) is 0 Å². The van der Waals surface area contributed by atoms with E-state index in [-0.39, 0.29) is 52.6 Å². The summed E-state index contributed by atoms with van der Waals surface area (Å²) in [6.07, 6.45) is -6.39. The number of carbonyl (C=O) groups excluding carboxylic acids is 2. The van der Waals surface area contributed by atoms with Gasteiger partial charge in [0.2, 0.25) is 5.95 Å². The molecule has 4 aromatic rings. The summed E-state index contributed by atoms with van der Waals surface area (Å²) in [5, 5.41) is 15.3. The first kappa shape index (κ1) is 36.3. The van der Waals surface area contributed by atoms with Crippen LogP contribution in [0, 0.1) is 17.5 Å². The third-order valence-electron chi connectivity index (χ3n) is 8.00. The van der Waals surface area contributed by atoms with Crippen molar-refractivity contribution >= 4 is 17.6 Å². The summed E-state index contributed by atoms with van der Waals surface area (Å²) in [6, 6.07) is 5.66. The van der Waals surface area contributed by atoms with Gasteiger partial charge in [0.15, 0.2) is 5.78 Å². The maximum Gasteiger partial charge on any atom is 0.290 e. The fraction of sp³-hybridized carbons (Fsp3) is 0.344. The van der Waals surface area contributed by atoms with Crippen molar-refractivity contribution in [2.75, 3.05) is 18.5 Å². The van der Waals surface area contributed by atoms with Crippen LogP contribution in [0.2, 0.25) is 0 Å². The van der Waals surface area contributed by atoms with Crippen LogP contribution in [0.3, 0.4) is 0 Å². The highest BCUT2D eigenvalue weighted by Crippen LogP contribution is 2.52. The van der Waals surface area contributed by atoms with E-state index in [9.17, 15) is 45.4 Å². The zero-order valence-corrected chi connectivity index (χ0v) is 25.7. The lowest BCUT2D eigenvalue weighted by molar-refractivity contribution is -0.121. The number of amides is 1. The number of benzene rings is 2. The Kier molecular flexibility index (Phi) is 10.2. The molecule has 9 nitrogen and oxygen atoms in total. The number of Topliss-reactive ketones (excluding diaryl/α,β-unsaturated/α-hetero) is 1. The zero-order chi connectivity index (χ0) is 36.5. The predicted octanol–water partition coefficient (Wildman–Crippen LogP) is 6.16. The highest BCUT2D eigenvalue weighted by atomic mass is 19.3. The topological polar surface area (TPSA) is 136 Å². The number of primary amides is 1. The van der Waals surface area contributed by atoms with Crippen molar-refractivity contribution in [2.45, 2.75) is 56.4 Å². The maximum absolute atomic E-state index is 15.0. The van der Waals surface area contributed by atoms with Crippen molar-refractivity contribution in [2.24, 2.45) is 5.73 Å². The van der Waals surface area contributed by atoms with E-state index in [0.717, 1.165) is 24.3 Å². The Labute approximate surface area is 277 Å². The molecule has 1 atom stereocenters. The Morgan fingerprint density at radius 2 is 1.66 bits per heavy atom. The molecule has 266 valence electrons. The molecule has 1 aliphatic carbocycles. The number of aromatic nitrogens is 4.